The summed E-state index contributed by atoms with van der Waals surface area (Å²) in [6.45, 7) is 7.04. The SMILES string of the molecule is C#CCOc1ccc(CCNC(=NCCCOCC2CCCO2)NCC)cc1. The van der Waals surface area contributed by atoms with Gasteiger partial charge in [-0.25, -0.2) is 0 Å². The Morgan fingerprint density at radius 3 is 2.89 bits per heavy atom. The molecular weight excluding hydrogens is 354 g/mol. The van der Waals surface area contributed by atoms with Gasteiger partial charge in [0.25, 0.3) is 0 Å². The molecule has 1 fully saturated rings. The lowest BCUT2D eigenvalue weighted by Gasteiger charge is -2.12. The van der Waals surface area contributed by atoms with Crippen molar-refractivity contribution in [2.24, 2.45) is 4.99 Å². The van der Waals surface area contributed by atoms with E-state index < -0.39 is 0 Å². The van der Waals surface area contributed by atoms with Gasteiger partial charge < -0.3 is 24.8 Å². The van der Waals surface area contributed by atoms with Crippen molar-refractivity contribution in [3.05, 3.63) is 29.8 Å². The minimum atomic E-state index is 0.292. The molecule has 2 rings (SSSR count). The predicted molar refractivity (Wildman–Crippen MR) is 113 cm³/mol. The third-order valence-electron chi connectivity index (χ3n) is 4.34. The summed E-state index contributed by atoms with van der Waals surface area (Å²) in [6.07, 6.45) is 9.57. The van der Waals surface area contributed by atoms with Crippen LogP contribution in [0.1, 0.15) is 31.7 Å². The van der Waals surface area contributed by atoms with Crippen LogP contribution in [0.3, 0.4) is 0 Å². The molecular formula is C22H33N3O3. The zero-order valence-electron chi connectivity index (χ0n) is 16.9. The zero-order valence-corrected chi connectivity index (χ0v) is 16.9. The highest BCUT2D eigenvalue weighted by Crippen LogP contribution is 2.12. The third-order valence-corrected chi connectivity index (χ3v) is 4.34. The summed E-state index contributed by atoms with van der Waals surface area (Å²) >= 11 is 0. The quantitative estimate of drug-likeness (QED) is 0.250. The largest absolute Gasteiger partial charge is 0.481 e. The molecule has 1 heterocycles. The highest BCUT2D eigenvalue weighted by molar-refractivity contribution is 5.79. The number of guanidine groups is 1. The summed E-state index contributed by atoms with van der Waals surface area (Å²) < 4.78 is 16.6. The monoisotopic (exact) mass is 387 g/mol. The number of rotatable bonds is 12. The number of benzene rings is 1. The first-order chi connectivity index (χ1) is 13.8. The lowest BCUT2D eigenvalue weighted by atomic mass is 10.1. The first-order valence-corrected chi connectivity index (χ1v) is 10.2. The average Bonchev–Trinajstić information content (AvgIpc) is 3.23. The zero-order chi connectivity index (χ0) is 19.9. The maximum atomic E-state index is 5.68. The van der Waals surface area contributed by atoms with Crippen LogP contribution in [0, 0.1) is 12.3 Å². The maximum absolute atomic E-state index is 5.68. The van der Waals surface area contributed by atoms with E-state index in [0.717, 1.165) is 70.2 Å². The van der Waals surface area contributed by atoms with Crippen LogP contribution in [0.2, 0.25) is 0 Å². The molecule has 6 nitrogen and oxygen atoms in total. The van der Waals surface area contributed by atoms with Gasteiger partial charge in [0.15, 0.2) is 5.96 Å². The van der Waals surface area contributed by atoms with Crippen molar-refractivity contribution in [1.29, 1.82) is 0 Å². The smallest absolute Gasteiger partial charge is 0.191 e. The fraction of sp³-hybridized carbons (Fsp3) is 0.591. The Bertz CT molecular complexity index is 604. The van der Waals surface area contributed by atoms with Crippen LogP contribution in [0.15, 0.2) is 29.3 Å². The van der Waals surface area contributed by atoms with Crippen molar-refractivity contribution in [1.82, 2.24) is 10.6 Å². The summed E-state index contributed by atoms with van der Waals surface area (Å²) in [5, 5.41) is 6.65. The summed E-state index contributed by atoms with van der Waals surface area (Å²) in [6, 6.07) is 8.01. The van der Waals surface area contributed by atoms with E-state index in [1.807, 2.05) is 12.1 Å². The Morgan fingerprint density at radius 1 is 1.32 bits per heavy atom. The molecule has 6 heteroatoms. The van der Waals surface area contributed by atoms with Crippen molar-refractivity contribution < 1.29 is 14.2 Å². The standard InChI is InChI=1S/C22H33N3O3/c1-3-15-27-20-10-8-19(9-11-20)12-14-25-22(23-4-2)24-13-6-16-26-18-21-7-5-17-28-21/h1,8-11,21H,4-7,12-18H2,2H3,(H2,23,24,25). The molecule has 1 aromatic rings. The summed E-state index contributed by atoms with van der Waals surface area (Å²) in [5.74, 6) is 4.10. The van der Waals surface area contributed by atoms with Crippen molar-refractivity contribution >= 4 is 5.96 Å². The van der Waals surface area contributed by atoms with Gasteiger partial charge in [-0.05, 0) is 50.3 Å². The third kappa shape index (κ3) is 9.12. The second-order valence-corrected chi connectivity index (χ2v) is 6.64. The van der Waals surface area contributed by atoms with E-state index in [9.17, 15) is 0 Å². The van der Waals surface area contributed by atoms with Crippen LogP contribution >= 0.6 is 0 Å². The number of hydrogen-bond acceptors (Lipinski definition) is 4. The van der Waals surface area contributed by atoms with E-state index >= 15 is 0 Å². The Hall–Kier alpha value is -2.23. The van der Waals surface area contributed by atoms with Crippen molar-refractivity contribution in [2.75, 3.05) is 46.1 Å². The minimum Gasteiger partial charge on any atom is -0.481 e. The van der Waals surface area contributed by atoms with E-state index in [1.165, 1.54) is 5.56 Å². The summed E-state index contributed by atoms with van der Waals surface area (Å²) in [4.78, 5) is 4.61. The van der Waals surface area contributed by atoms with Gasteiger partial charge in [0.05, 0.1) is 12.7 Å². The lowest BCUT2D eigenvalue weighted by Crippen LogP contribution is -2.38. The van der Waals surface area contributed by atoms with Gasteiger partial charge in [-0.1, -0.05) is 18.1 Å². The van der Waals surface area contributed by atoms with Crippen LogP contribution in [0.5, 0.6) is 5.75 Å². The molecule has 1 saturated heterocycles. The molecule has 1 atom stereocenters. The molecule has 1 unspecified atom stereocenters. The molecule has 0 saturated carbocycles. The normalized spacial score (nSPS) is 16.6. The molecule has 1 aliphatic heterocycles. The van der Waals surface area contributed by atoms with Gasteiger partial charge >= 0.3 is 0 Å². The average molecular weight is 388 g/mol. The van der Waals surface area contributed by atoms with Crippen molar-refractivity contribution in [2.45, 2.75) is 38.7 Å². The Labute approximate surface area is 169 Å². The van der Waals surface area contributed by atoms with Crippen molar-refractivity contribution in [3.63, 3.8) is 0 Å². The molecule has 0 radical (unpaired) electrons. The summed E-state index contributed by atoms with van der Waals surface area (Å²) in [7, 11) is 0. The van der Waals surface area contributed by atoms with Crippen LogP contribution in [0.25, 0.3) is 0 Å². The van der Waals surface area contributed by atoms with E-state index in [2.05, 4.69) is 40.6 Å². The second-order valence-electron chi connectivity index (χ2n) is 6.64. The molecule has 154 valence electrons. The maximum Gasteiger partial charge on any atom is 0.191 e. The highest BCUT2D eigenvalue weighted by atomic mass is 16.5. The van der Waals surface area contributed by atoms with E-state index in [4.69, 9.17) is 20.6 Å². The Morgan fingerprint density at radius 2 is 2.18 bits per heavy atom. The van der Waals surface area contributed by atoms with Gasteiger partial charge in [0, 0.05) is 32.8 Å². The molecule has 1 aromatic carbocycles. The topological polar surface area (TPSA) is 64.1 Å². The van der Waals surface area contributed by atoms with Crippen LogP contribution in [0.4, 0.5) is 0 Å². The van der Waals surface area contributed by atoms with Crippen molar-refractivity contribution in [3.8, 4) is 18.1 Å². The first kappa shape index (κ1) is 22.1. The fourth-order valence-corrected chi connectivity index (χ4v) is 2.89. The first-order valence-electron chi connectivity index (χ1n) is 10.2. The van der Waals surface area contributed by atoms with E-state index in [0.29, 0.717) is 19.3 Å². The Balaban J connectivity index is 1.61. The van der Waals surface area contributed by atoms with Gasteiger partial charge in [-0.2, -0.15) is 0 Å². The van der Waals surface area contributed by atoms with Gasteiger partial charge in [0.2, 0.25) is 0 Å². The second kappa shape index (κ2) is 13.9. The molecule has 0 aliphatic carbocycles. The minimum absolute atomic E-state index is 0.292. The fourth-order valence-electron chi connectivity index (χ4n) is 2.89. The molecule has 0 aromatic heterocycles. The highest BCUT2D eigenvalue weighted by Gasteiger charge is 2.14. The number of nitrogens with zero attached hydrogens (tertiary/aromatic N) is 1. The van der Waals surface area contributed by atoms with E-state index in [-0.39, 0.29) is 0 Å². The van der Waals surface area contributed by atoms with Gasteiger partial charge in [0.1, 0.15) is 12.4 Å². The molecule has 28 heavy (non-hydrogen) atoms. The number of terminal acetylenes is 1. The molecule has 0 spiro atoms. The van der Waals surface area contributed by atoms with Gasteiger partial charge in [-0.15, -0.1) is 6.42 Å². The molecule has 1 aliphatic rings. The van der Waals surface area contributed by atoms with Crippen LogP contribution in [-0.4, -0.2) is 58.1 Å². The lowest BCUT2D eigenvalue weighted by molar-refractivity contribution is 0.0171. The number of ether oxygens (including phenoxy) is 3. The number of aliphatic imine (C=N–C) groups is 1. The van der Waals surface area contributed by atoms with Crippen LogP contribution in [-0.2, 0) is 15.9 Å². The Kier molecular flexibility index (Phi) is 10.9. The van der Waals surface area contributed by atoms with Gasteiger partial charge in [-0.3, -0.25) is 4.99 Å². The van der Waals surface area contributed by atoms with E-state index in [1.54, 1.807) is 0 Å². The predicted octanol–water partition coefficient (Wildman–Crippen LogP) is 2.38. The molecule has 0 bridgehead atoms. The number of nitrogens with one attached hydrogen (secondary N) is 2. The number of hydrogen-bond donors (Lipinski definition) is 2. The molecule has 0 amide bonds. The molecule has 2 N–H and O–H groups in total. The summed E-state index contributed by atoms with van der Waals surface area (Å²) in [5.41, 5.74) is 1.24. The van der Waals surface area contributed by atoms with Crippen LogP contribution < -0.4 is 15.4 Å².